The third-order valence-corrected chi connectivity index (χ3v) is 5.76. The van der Waals surface area contributed by atoms with Crippen molar-refractivity contribution in [2.45, 2.75) is 32.9 Å². The lowest BCUT2D eigenvalue weighted by Crippen LogP contribution is -2.24. The minimum Gasteiger partial charge on any atom is -0.346 e. The van der Waals surface area contributed by atoms with E-state index >= 15 is 4.39 Å². The second-order valence-corrected chi connectivity index (χ2v) is 9.41. The first-order valence-electron chi connectivity index (χ1n) is 11.2. The molecule has 5 aromatic rings. The fourth-order valence-electron chi connectivity index (χ4n) is 3.81. The Balaban J connectivity index is 1.39. The summed E-state index contributed by atoms with van der Waals surface area (Å²) in [5.74, 6) is -0.820. The number of amides is 1. The summed E-state index contributed by atoms with van der Waals surface area (Å²) in [6.45, 7) is 5.92. The monoisotopic (exact) mass is 472 g/mol. The molecule has 178 valence electrons. The second-order valence-electron chi connectivity index (χ2n) is 9.41. The lowest BCUT2D eigenvalue weighted by Gasteiger charge is -2.17. The molecule has 4 heterocycles. The Hall–Kier alpha value is -4.34. The van der Waals surface area contributed by atoms with Crippen molar-refractivity contribution in [3.8, 4) is 22.3 Å². The van der Waals surface area contributed by atoms with Crippen LogP contribution in [-0.4, -0.2) is 40.3 Å². The zero-order valence-corrected chi connectivity index (χ0v) is 19.9. The highest BCUT2D eigenvalue weighted by Gasteiger charge is 2.19. The summed E-state index contributed by atoms with van der Waals surface area (Å²) in [6.07, 6.45) is 8.91. The smallest absolute Gasteiger partial charge is 0.273 e. The Kier molecular flexibility index (Phi) is 5.43. The van der Waals surface area contributed by atoms with Crippen LogP contribution in [0.5, 0.6) is 0 Å². The molecule has 0 fully saturated rings. The molecule has 0 aliphatic rings. The zero-order chi connectivity index (χ0) is 24.7. The van der Waals surface area contributed by atoms with Crippen LogP contribution < -0.4 is 5.32 Å². The van der Waals surface area contributed by atoms with Gasteiger partial charge in [0.15, 0.2) is 5.69 Å². The summed E-state index contributed by atoms with van der Waals surface area (Å²) in [4.78, 5) is 12.5. The molecule has 0 bridgehead atoms. The number of aromatic nitrogens is 7. The number of fused-ring (bicyclic) bond motifs is 1. The number of aryl methyl sites for hydroxylation is 1. The summed E-state index contributed by atoms with van der Waals surface area (Å²) < 4.78 is 20.2. The number of nitrogens with zero attached hydrogens (tertiary/aromatic N) is 7. The number of carbonyl (C=O) groups is 1. The van der Waals surface area contributed by atoms with Crippen molar-refractivity contribution in [3.63, 3.8) is 0 Å². The number of hydrogen-bond donors (Lipinski definition) is 1. The van der Waals surface area contributed by atoms with Gasteiger partial charge in [0.05, 0.1) is 23.4 Å². The standard InChI is InChI=1S/C25H25FN8O/c1-25(2,3)34-15-22(30-31-34)24(35)27-11-17-6-5-16(10-21(17)26)20-9-18(19-12-29-32(4)13-19)14-33-23(20)7-8-28-33/h5-10,12-15H,11H2,1-4H3,(H,27,35). The fraction of sp³-hybridized carbons (Fsp3) is 0.240. The number of pyridine rings is 1. The van der Waals surface area contributed by atoms with Crippen LogP contribution in [0, 0.1) is 5.82 Å². The van der Waals surface area contributed by atoms with E-state index in [2.05, 4.69) is 25.8 Å². The van der Waals surface area contributed by atoms with Gasteiger partial charge in [-0.25, -0.2) is 13.6 Å². The highest BCUT2D eigenvalue weighted by Crippen LogP contribution is 2.31. The molecule has 0 aliphatic heterocycles. The SMILES string of the molecule is Cn1cc(-c2cc(-c3ccc(CNC(=O)c4cn(C(C)(C)C)nn4)c(F)c3)c3ccnn3c2)cn1. The first kappa shape index (κ1) is 22.5. The van der Waals surface area contributed by atoms with Gasteiger partial charge >= 0.3 is 0 Å². The van der Waals surface area contributed by atoms with Crippen LogP contribution in [0.4, 0.5) is 4.39 Å². The highest BCUT2D eigenvalue weighted by atomic mass is 19.1. The van der Waals surface area contributed by atoms with Gasteiger partial charge in [0.2, 0.25) is 0 Å². The third kappa shape index (κ3) is 4.42. The van der Waals surface area contributed by atoms with E-state index in [1.54, 1.807) is 38.5 Å². The molecule has 0 saturated heterocycles. The molecule has 1 amide bonds. The van der Waals surface area contributed by atoms with Crippen LogP contribution in [0.3, 0.4) is 0 Å². The van der Waals surface area contributed by atoms with Crippen molar-refractivity contribution in [2.24, 2.45) is 7.05 Å². The van der Waals surface area contributed by atoms with Crippen molar-refractivity contribution in [2.75, 3.05) is 0 Å². The fourth-order valence-corrected chi connectivity index (χ4v) is 3.81. The van der Waals surface area contributed by atoms with Crippen LogP contribution in [0.2, 0.25) is 0 Å². The molecule has 4 aromatic heterocycles. The number of carbonyl (C=O) groups excluding carboxylic acids is 1. The average molecular weight is 473 g/mol. The molecule has 0 unspecified atom stereocenters. The molecule has 35 heavy (non-hydrogen) atoms. The Morgan fingerprint density at radius 1 is 1.03 bits per heavy atom. The minimum atomic E-state index is -0.411. The van der Waals surface area contributed by atoms with E-state index in [4.69, 9.17) is 0 Å². The molecule has 1 aromatic carbocycles. The molecular weight excluding hydrogens is 447 g/mol. The van der Waals surface area contributed by atoms with Crippen molar-refractivity contribution in [3.05, 3.63) is 78.4 Å². The quantitative estimate of drug-likeness (QED) is 0.420. The molecule has 0 spiro atoms. The van der Waals surface area contributed by atoms with Crippen LogP contribution in [0.1, 0.15) is 36.8 Å². The largest absolute Gasteiger partial charge is 0.346 e. The van der Waals surface area contributed by atoms with Crippen molar-refractivity contribution in [1.82, 2.24) is 39.7 Å². The molecular formula is C25H25FN8O. The lowest BCUT2D eigenvalue weighted by atomic mass is 10.00. The molecule has 0 radical (unpaired) electrons. The van der Waals surface area contributed by atoms with Gasteiger partial charge in [-0.15, -0.1) is 5.10 Å². The number of hydrogen-bond acceptors (Lipinski definition) is 5. The summed E-state index contributed by atoms with van der Waals surface area (Å²) in [6, 6.07) is 8.89. The summed E-state index contributed by atoms with van der Waals surface area (Å²) in [5, 5.41) is 19.2. The second kappa shape index (κ2) is 8.46. The van der Waals surface area contributed by atoms with Crippen LogP contribution in [0.15, 0.2) is 61.3 Å². The van der Waals surface area contributed by atoms with Gasteiger partial charge in [0, 0.05) is 54.4 Å². The van der Waals surface area contributed by atoms with E-state index in [9.17, 15) is 4.79 Å². The molecule has 10 heteroatoms. The first-order valence-corrected chi connectivity index (χ1v) is 11.2. The molecule has 9 nitrogen and oxygen atoms in total. The van der Waals surface area contributed by atoms with Gasteiger partial charge in [-0.05, 0) is 44.5 Å². The lowest BCUT2D eigenvalue weighted by molar-refractivity contribution is 0.0945. The minimum absolute atomic E-state index is 0.0329. The van der Waals surface area contributed by atoms with Crippen molar-refractivity contribution >= 4 is 11.4 Å². The van der Waals surface area contributed by atoms with Crippen LogP contribution in [-0.2, 0) is 19.1 Å². The van der Waals surface area contributed by atoms with Crippen LogP contribution >= 0.6 is 0 Å². The number of benzene rings is 1. The van der Waals surface area contributed by atoms with Gasteiger partial charge in [-0.1, -0.05) is 17.3 Å². The normalized spacial score (nSPS) is 11.8. The van der Waals surface area contributed by atoms with E-state index in [0.29, 0.717) is 11.1 Å². The molecule has 0 aliphatic carbocycles. The summed E-state index contributed by atoms with van der Waals surface area (Å²) >= 11 is 0. The molecule has 1 N–H and O–H groups in total. The Morgan fingerprint density at radius 3 is 2.54 bits per heavy atom. The van der Waals surface area contributed by atoms with Crippen LogP contribution in [0.25, 0.3) is 27.8 Å². The number of nitrogens with one attached hydrogen (secondary N) is 1. The highest BCUT2D eigenvalue weighted by molar-refractivity contribution is 5.91. The third-order valence-electron chi connectivity index (χ3n) is 5.76. The maximum atomic E-state index is 15.1. The summed E-state index contributed by atoms with van der Waals surface area (Å²) in [5.41, 5.74) is 4.55. The van der Waals surface area contributed by atoms with E-state index in [0.717, 1.165) is 22.2 Å². The number of halogens is 1. The van der Waals surface area contributed by atoms with Gasteiger partial charge in [0.25, 0.3) is 5.91 Å². The van der Waals surface area contributed by atoms with Gasteiger partial charge in [0.1, 0.15) is 5.82 Å². The topological polar surface area (TPSA) is 94.9 Å². The average Bonchev–Trinajstić information content (AvgIpc) is 3.57. The van der Waals surface area contributed by atoms with Crippen molar-refractivity contribution in [1.29, 1.82) is 0 Å². The maximum absolute atomic E-state index is 15.1. The first-order chi connectivity index (χ1) is 16.7. The maximum Gasteiger partial charge on any atom is 0.273 e. The van der Waals surface area contributed by atoms with Gasteiger partial charge in [-0.3, -0.25) is 9.48 Å². The Bertz CT molecular complexity index is 1540. The predicted octanol–water partition coefficient (Wildman–Crippen LogP) is 3.82. The Labute approximate surface area is 201 Å². The molecule has 5 rings (SSSR count). The zero-order valence-electron chi connectivity index (χ0n) is 19.9. The molecule has 0 atom stereocenters. The summed E-state index contributed by atoms with van der Waals surface area (Å²) in [7, 11) is 1.86. The van der Waals surface area contributed by atoms with E-state index in [1.807, 2.05) is 58.4 Å². The van der Waals surface area contributed by atoms with E-state index in [1.165, 1.54) is 6.07 Å². The van der Waals surface area contributed by atoms with E-state index < -0.39 is 11.7 Å². The van der Waals surface area contributed by atoms with Gasteiger partial charge < -0.3 is 5.32 Å². The Morgan fingerprint density at radius 2 is 1.86 bits per heavy atom. The predicted molar refractivity (Wildman–Crippen MR) is 129 cm³/mol. The van der Waals surface area contributed by atoms with Gasteiger partial charge in [-0.2, -0.15) is 10.2 Å². The van der Waals surface area contributed by atoms with E-state index in [-0.39, 0.29) is 17.8 Å². The van der Waals surface area contributed by atoms with Crippen molar-refractivity contribution < 1.29 is 9.18 Å². The number of rotatable bonds is 5. The molecule has 0 saturated carbocycles.